The van der Waals surface area contributed by atoms with Crippen LogP contribution in [0.15, 0.2) is 22.8 Å². The number of likely N-dealkylation sites (tertiary alicyclic amines) is 1. The predicted octanol–water partition coefficient (Wildman–Crippen LogP) is 1.33. The molecule has 1 aliphatic carbocycles. The first kappa shape index (κ1) is 17.1. The van der Waals surface area contributed by atoms with Crippen molar-refractivity contribution >= 4 is 5.91 Å². The molecule has 1 aromatic heterocycles. The summed E-state index contributed by atoms with van der Waals surface area (Å²) in [7, 11) is 4.16. The van der Waals surface area contributed by atoms with Crippen LogP contribution in [0.4, 0.5) is 0 Å². The normalized spacial score (nSPS) is 33.2. The van der Waals surface area contributed by atoms with E-state index in [1.165, 1.54) is 0 Å². The molecule has 0 spiro atoms. The van der Waals surface area contributed by atoms with Gasteiger partial charge in [0.25, 0.3) is 0 Å². The van der Waals surface area contributed by atoms with E-state index in [-0.39, 0.29) is 17.9 Å². The zero-order chi connectivity index (χ0) is 17.4. The fraction of sp³-hybridized carbons (Fsp3) is 0.737. The molecule has 3 heterocycles. The van der Waals surface area contributed by atoms with E-state index in [9.17, 15) is 4.79 Å². The summed E-state index contributed by atoms with van der Waals surface area (Å²) in [6, 6.07) is 4.50. The van der Waals surface area contributed by atoms with Gasteiger partial charge < -0.3 is 19.4 Å². The van der Waals surface area contributed by atoms with E-state index in [1.54, 1.807) is 6.26 Å². The Labute approximate surface area is 149 Å². The Morgan fingerprint density at radius 2 is 2.12 bits per heavy atom. The van der Waals surface area contributed by atoms with Crippen molar-refractivity contribution < 1.29 is 13.9 Å². The molecule has 1 amide bonds. The highest BCUT2D eigenvalue weighted by Gasteiger charge is 2.55. The predicted molar refractivity (Wildman–Crippen MR) is 94.0 cm³/mol. The number of amides is 1. The van der Waals surface area contributed by atoms with Gasteiger partial charge in [-0.05, 0) is 58.6 Å². The molecule has 1 N–H and O–H groups in total. The number of hydrogen-bond acceptors (Lipinski definition) is 5. The van der Waals surface area contributed by atoms with Gasteiger partial charge in [-0.25, -0.2) is 0 Å². The van der Waals surface area contributed by atoms with E-state index in [0.29, 0.717) is 18.1 Å². The number of fused-ring (bicyclic) bond motifs is 1. The lowest BCUT2D eigenvalue weighted by Gasteiger charge is -2.51. The van der Waals surface area contributed by atoms with E-state index in [4.69, 9.17) is 9.15 Å². The lowest BCUT2D eigenvalue weighted by molar-refractivity contribution is -0.133. The first-order valence-corrected chi connectivity index (χ1v) is 9.46. The van der Waals surface area contributed by atoms with E-state index in [1.807, 2.05) is 12.1 Å². The molecule has 1 saturated carbocycles. The summed E-state index contributed by atoms with van der Waals surface area (Å²) in [6.45, 7) is 3.58. The number of rotatable bonds is 5. The molecule has 0 radical (unpaired) electrons. The first-order valence-electron chi connectivity index (χ1n) is 9.46. The maximum atomic E-state index is 12.8. The number of carbonyl (C=O) groups excluding carboxylic acids is 1. The number of furan rings is 1. The van der Waals surface area contributed by atoms with E-state index >= 15 is 0 Å². The van der Waals surface area contributed by atoms with Gasteiger partial charge in [0.1, 0.15) is 5.76 Å². The van der Waals surface area contributed by atoms with Crippen molar-refractivity contribution in [3.63, 3.8) is 0 Å². The summed E-state index contributed by atoms with van der Waals surface area (Å²) >= 11 is 0. The number of likely N-dealkylation sites (N-methyl/N-ethyl adjacent to an activating group) is 1. The number of piperidine rings is 1. The summed E-state index contributed by atoms with van der Waals surface area (Å²) in [5, 5.41) is 3.35. The molecule has 138 valence electrons. The lowest BCUT2D eigenvalue weighted by Crippen LogP contribution is -2.70. The topological polar surface area (TPSA) is 58.0 Å². The average Bonchev–Trinajstić information content (AvgIpc) is 3.23. The second-order valence-corrected chi connectivity index (χ2v) is 7.91. The molecule has 4 rings (SSSR count). The van der Waals surface area contributed by atoms with Crippen LogP contribution >= 0.6 is 0 Å². The zero-order valence-electron chi connectivity index (χ0n) is 15.2. The van der Waals surface area contributed by atoms with Crippen molar-refractivity contribution in [2.24, 2.45) is 11.8 Å². The first-order chi connectivity index (χ1) is 12.1. The van der Waals surface area contributed by atoms with E-state index in [2.05, 4.69) is 29.2 Å². The molecule has 6 heteroatoms. The van der Waals surface area contributed by atoms with Gasteiger partial charge in [0.05, 0.1) is 31.0 Å². The van der Waals surface area contributed by atoms with Crippen molar-refractivity contribution in [2.75, 3.05) is 33.8 Å². The minimum atomic E-state index is 0.136. The molecule has 0 unspecified atom stereocenters. The van der Waals surface area contributed by atoms with Gasteiger partial charge in [0.2, 0.25) is 5.91 Å². The lowest BCUT2D eigenvalue weighted by atomic mass is 9.70. The van der Waals surface area contributed by atoms with Gasteiger partial charge in [0, 0.05) is 18.4 Å². The minimum Gasteiger partial charge on any atom is -0.468 e. The largest absolute Gasteiger partial charge is 0.468 e. The SMILES string of the molecule is CN(C)[C@H]1[C@H](NC(=O)C2CCN(Cc3ccco3)CC2)[C@@H]2CCO[C@@H]21. The Kier molecular flexibility index (Phi) is 4.84. The number of nitrogens with zero attached hydrogens (tertiary/aromatic N) is 2. The summed E-state index contributed by atoms with van der Waals surface area (Å²) in [4.78, 5) is 17.3. The second-order valence-electron chi connectivity index (χ2n) is 7.91. The minimum absolute atomic E-state index is 0.136. The maximum Gasteiger partial charge on any atom is 0.223 e. The number of hydrogen-bond donors (Lipinski definition) is 1. The van der Waals surface area contributed by atoms with Crippen LogP contribution in [-0.4, -0.2) is 67.7 Å². The van der Waals surface area contributed by atoms with Crippen LogP contribution in [0.3, 0.4) is 0 Å². The molecule has 2 aliphatic heterocycles. The molecule has 0 aromatic carbocycles. The van der Waals surface area contributed by atoms with Crippen molar-refractivity contribution in [1.29, 1.82) is 0 Å². The number of nitrogens with one attached hydrogen (secondary N) is 1. The van der Waals surface area contributed by atoms with Gasteiger partial charge in [-0.3, -0.25) is 9.69 Å². The number of carbonyl (C=O) groups is 1. The Bertz CT molecular complexity index is 581. The Morgan fingerprint density at radius 3 is 2.80 bits per heavy atom. The van der Waals surface area contributed by atoms with Crippen LogP contribution < -0.4 is 5.32 Å². The van der Waals surface area contributed by atoms with Crippen LogP contribution in [0.25, 0.3) is 0 Å². The molecule has 6 nitrogen and oxygen atoms in total. The molecular weight excluding hydrogens is 318 g/mol. The summed E-state index contributed by atoms with van der Waals surface area (Å²) < 4.78 is 11.3. The Hall–Kier alpha value is -1.37. The average molecular weight is 347 g/mol. The molecule has 3 aliphatic rings. The third-order valence-electron chi connectivity index (χ3n) is 6.17. The van der Waals surface area contributed by atoms with Gasteiger partial charge in [0.15, 0.2) is 0 Å². The molecule has 3 fully saturated rings. The van der Waals surface area contributed by atoms with Crippen LogP contribution in [0.1, 0.15) is 25.0 Å². The quantitative estimate of drug-likeness (QED) is 0.871. The Morgan fingerprint density at radius 1 is 1.32 bits per heavy atom. The number of ether oxygens (including phenoxy) is 1. The second kappa shape index (κ2) is 7.09. The van der Waals surface area contributed by atoms with Gasteiger partial charge in [-0.15, -0.1) is 0 Å². The summed E-state index contributed by atoms with van der Waals surface area (Å²) in [6.07, 6.45) is 4.94. The maximum absolute atomic E-state index is 12.8. The van der Waals surface area contributed by atoms with Crippen molar-refractivity contribution in [3.8, 4) is 0 Å². The van der Waals surface area contributed by atoms with Crippen LogP contribution in [0.5, 0.6) is 0 Å². The molecule has 2 saturated heterocycles. The summed E-state index contributed by atoms with van der Waals surface area (Å²) in [5.74, 6) is 1.87. The Balaban J connectivity index is 1.27. The van der Waals surface area contributed by atoms with Crippen molar-refractivity contribution in [2.45, 2.75) is 44.0 Å². The third kappa shape index (κ3) is 3.35. The van der Waals surface area contributed by atoms with Crippen LogP contribution in [0.2, 0.25) is 0 Å². The molecule has 1 aromatic rings. The third-order valence-corrected chi connectivity index (χ3v) is 6.17. The fourth-order valence-corrected chi connectivity index (χ4v) is 4.74. The monoisotopic (exact) mass is 347 g/mol. The standard InChI is InChI=1S/C19H29N3O3/c1-21(2)17-16(15-7-11-25-18(15)17)20-19(23)13-5-8-22(9-6-13)12-14-4-3-10-24-14/h3-4,10,13,15-18H,5-9,11-12H2,1-2H3,(H,20,23)/t15-,16+,17-,18-/m0/s1. The van der Waals surface area contributed by atoms with Gasteiger partial charge in [-0.1, -0.05) is 0 Å². The van der Waals surface area contributed by atoms with Crippen molar-refractivity contribution in [3.05, 3.63) is 24.2 Å². The van der Waals surface area contributed by atoms with E-state index < -0.39 is 0 Å². The van der Waals surface area contributed by atoms with Gasteiger partial charge in [-0.2, -0.15) is 0 Å². The van der Waals surface area contributed by atoms with Crippen LogP contribution in [-0.2, 0) is 16.1 Å². The highest BCUT2D eigenvalue weighted by atomic mass is 16.5. The zero-order valence-corrected chi connectivity index (χ0v) is 15.2. The smallest absolute Gasteiger partial charge is 0.223 e. The highest BCUT2D eigenvalue weighted by molar-refractivity contribution is 5.79. The molecule has 4 atom stereocenters. The van der Waals surface area contributed by atoms with Gasteiger partial charge >= 0.3 is 0 Å². The summed E-state index contributed by atoms with van der Waals surface area (Å²) in [5.41, 5.74) is 0. The fourth-order valence-electron chi connectivity index (χ4n) is 4.74. The van der Waals surface area contributed by atoms with Crippen molar-refractivity contribution in [1.82, 2.24) is 15.1 Å². The van der Waals surface area contributed by atoms with Crippen LogP contribution in [0, 0.1) is 11.8 Å². The van der Waals surface area contributed by atoms with E-state index in [0.717, 1.165) is 51.3 Å². The molecule has 0 bridgehead atoms. The molecular formula is C19H29N3O3. The molecule has 25 heavy (non-hydrogen) atoms. The highest BCUT2D eigenvalue weighted by Crippen LogP contribution is 2.41.